The molecule has 0 radical (unpaired) electrons. The molecule has 0 heterocycles. The summed E-state index contributed by atoms with van der Waals surface area (Å²) in [5.41, 5.74) is 1.64. The quantitative estimate of drug-likeness (QED) is 0.818. The molecule has 80 valence electrons. The minimum atomic E-state index is -0.159. The summed E-state index contributed by atoms with van der Waals surface area (Å²) in [6, 6.07) is 5.64. The fourth-order valence-electron chi connectivity index (χ4n) is 1.41. The van der Waals surface area contributed by atoms with Gasteiger partial charge in [-0.05, 0) is 37.5 Å². The van der Waals surface area contributed by atoms with Gasteiger partial charge in [-0.2, -0.15) is 0 Å². The van der Waals surface area contributed by atoms with Crippen LogP contribution in [0.1, 0.15) is 25.3 Å². The van der Waals surface area contributed by atoms with Crippen molar-refractivity contribution in [1.29, 1.82) is 0 Å². The second kappa shape index (κ2) is 3.53. The van der Waals surface area contributed by atoms with Crippen molar-refractivity contribution in [2.45, 2.75) is 26.7 Å². The molecule has 0 aromatic heterocycles. The Morgan fingerprint density at radius 1 is 1.47 bits per heavy atom. The van der Waals surface area contributed by atoms with Gasteiger partial charge in [0, 0.05) is 5.41 Å². The number of hydrogen-bond donors (Lipinski definition) is 1. The molecule has 0 saturated heterocycles. The molecule has 0 unspecified atom stereocenters. The van der Waals surface area contributed by atoms with E-state index >= 15 is 0 Å². The van der Waals surface area contributed by atoms with E-state index in [1.807, 2.05) is 32.0 Å². The Morgan fingerprint density at radius 3 is 2.67 bits per heavy atom. The van der Waals surface area contributed by atoms with Gasteiger partial charge in [0.25, 0.3) is 0 Å². The van der Waals surface area contributed by atoms with Crippen LogP contribution in [0.2, 0.25) is 5.02 Å². The van der Waals surface area contributed by atoms with Gasteiger partial charge in [0.15, 0.2) is 0 Å². The summed E-state index contributed by atoms with van der Waals surface area (Å²) < 4.78 is 0. The highest BCUT2D eigenvalue weighted by Crippen LogP contribution is 2.46. The molecular weight excluding hydrogens is 210 g/mol. The lowest BCUT2D eigenvalue weighted by Gasteiger charge is -2.11. The minimum absolute atomic E-state index is 0.0771. The predicted molar refractivity (Wildman–Crippen MR) is 62.2 cm³/mol. The van der Waals surface area contributed by atoms with Crippen LogP contribution in [-0.2, 0) is 4.79 Å². The molecule has 1 saturated carbocycles. The van der Waals surface area contributed by atoms with E-state index in [-0.39, 0.29) is 11.3 Å². The molecule has 1 aromatic rings. The third kappa shape index (κ3) is 2.15. The van der Waals surface area contributed by atoms with E-state index in [2.05, 4.69) is 5.32 Å². The summed E-state index contributed by atoms with van der Waals surface area (Å²) in [7, 11) is 0. The second-order valence-corrected chi connectivity index (χ2v) is 4.91. The molecule has 0 spiro atoms. The van der Waals surface area contributed by atoms with Gasteiger partial charge >= 0.3 is 0 Å². The largest absolute Gasteiger partial charge is 0.324 e. The zero-order chi connectivity index (χ0) is 11.1. The van der Waals surface area contributed by atoms with Crippen molar-refractivity contribution in [3.05, 3.63) is 28.8 Å². The lowest BCUT2D eigenvalue weighted by molar-refractivity contribution is -0.120. The fraction of sp³-hybridized carbons (Fsp3) is 0.417. The fourth-order valence-corrected chi connectivity index (χ4v) is 1.69. The van der Waals surface area contributed by atoms with Crippen molar-refractivity contribution in [1.82, 2.24) is 0 Å². The summed E-state index contributed by atoms with van der Waals surface area (Å²) >= 11 is 6.03. The Labute approximate surface area is 94.6 Å². The summed E-state index contributed by atoms with van der Waals surface area (Å²) in [5.74, 6) is 0.0771. The maximum absolute atomic E-state index is 11.8. The van der Waals surface area contributed by atoms with Gasteiger partial charge in [-0.25, -0.2) is 0 Å². The molecular formula is C12H14ClNO. The van der Waals surface area contributed by atoms with Gasteiger partial charge in [-0.15, -0.1) is 0 Å². The number of hydrogen-bond acceptors (Lipinski definition) is 1. The van der Waals surface area contributed by atoms with Crippen LogP contribution in [0.4, 0.5) is 5.69 Å². The molecule has 1 aliphatic rings. The number of halogens is 1. The molecule has 0 bridgehead atoms. The van der Waals surface area contributed by atoms with Gasteiger partial charge in [0.05, 0.1) is 10.7 Å². The van der Waals surface area contributed by atoms with Crippen molar-refractivity contribution in [2.75, 3.05) is 5.32 Å². The molecule has 2 nitrogen and oxygen atoms in total. The highest BCUT2D eigenvalue weighted by Gasteiger charge is 2.44. The summed E-state index contributed by atoms with van der Waals surface area (Å²) in [6.45, 7) is 3.95. The Balaban J connectivity index is 2.14. The van der Waals surface area contributed by atoms with Gasteiger partial charge in [0.1, 0.15) is 0 Å². The molecule has 0 aliphatic heterocycles. The van der Waals surface area contributed by atoms with Crippen molar-refractivity contribution < 1.29 is 4.79 Å². The molecule has 1 N–H and O–H groups in total. The molecule has 2 rings (SSSR count). The van der Waals surface area contributed by atoms with E-state index in [1.54, 1.807) is 0 Å². The first-order valence-electron chi connectivity index (χ1n) is 5.09. The minimum Gasteiger partial charge on any atom is -0.324 e. The van der Waals surface area contributed by atoms with E-state index < -0.39 is 0 Å². The van der Waals surface area contributed by atoms with Crippen LogP contribution in [0, 0.1) is 12.3 Å². The van der Waals surface area contributed by atoms with Crippen molar-refractivity contribution in [3.63, 3.8) is 0 Å². The molecule has 15 heavy (non-hydrogen) atoms. The average molecular weight is 224 g/mol. The number of benzene rings is 1. The Kier molecular flexibility index (Phi) is 2.47. The van der Waals surface area contributed by atoms with E-state index in [0.717, 1.165) is 18.4 Å². The van der Waals surface area contributed by atoms with Gasteiger partial charge in [-0.3, -0.25) is 4.79 Å². The number of rotatable bonds is 2. The maximum atomic E-state index is 11.8. The van der Waals surface area contributed by atoms with E-state index in [9.17, 15) is 4.79 Å². The van der Waals surface area contributed by atoms with Crippen LogP contribution in [0.15, 0.2) is 18.2 Å². The SMILES string of the molecule is Cc1ccc(NC(=O)C2(C)CC2)c(Cl)c1. The molecule has 0 atom stereocenters. The highest BCUT2D eigenvalue weighted by atomic mass is 35.5. The number of anilines is 1. The van der Waals surface area contributed by atoms with Gasteiger partial charge in [-0.1, -0.05) is 24.6 Å². The predicted octanol–water partition coefficient (Wildman–Crippen LogP) is 3.39. The number of aryl methyl sites for hydroxylation is 1. The molecule has 1 amide bonds. The van der Waals surface area contributed by atoms with Crippen molar-refractivity contribution in [2.24, 2.45) is 5.41 Å². The van der Waals surface area contributed by atoms with Crippen molar-refractivity contribution in [3.8, 4) is 0 Å². The lowest BCUT2D eigenvalue weighted by atomic mass is 10.1. The van der Waals surface area contributed by atoms with Gasteiger partial charge < -0.3 is 5.32 Å². The monoisotopic (exact) mass is 223 g/mol. The molecule has 1 fully saturated rings. The van der Waals surface area contributed by atoms with Gasteiger partial charge in [0.2, 0.25) is 5.91 Å². The Hall–Kier alpha value is -1.02. The number of amides is 1. The van der Waals surface area contributed by atoms with Crippen LogP contribution < -0.4 is 5.32 Å². The molecule has 3 heteroatoms. The van der Waals surface area contributed by atoms with Crippen LogP contribution in [0.25, 0.3) is 0 Å². The van der Waals surface area contributed by atoms with Crippen LogP contribution in [-0.4, -0.2) is 5.91 Å². The van der Waals surface area contributed by atoms with E-state index in [4.69, 9.17) is 11.6 Å². The van der Waals surface area contributed by atoms with Crippen LogP contribution >= 0.6 is 11.6 Å². The maximum Gasteiger partial charge on any atom is 0.230 e. The normalized spacial score (nSPS) is 17.3. The number of carbonyl (C=O) groups excluding carboxylic acids is 1. The Morgan fingerprint density at radius 2 is 2.13 bits per heavy atom. The smallest absolute Gasteiger partial charge is 0.230 e. The van der Waals surface area contributed by atoms with E-state index in [1.165, 1.54) is 0 Å². The zero-order valence-electron chi connectivity index (χ0n) is 8.93. The van der Waals surface area contributed by atoms with Crippen LogP contribution in [0.3, 0.4) is 0 Å². The third-order valence-corrected chi connectivity index (χ3v) is 3.23. The topological polar surface area (TPSA) is 29.1 Å². The first kappa shape index (κ1) is 10.5. The van der Waals surface area contributed by atoms with Crippen LogP contribution in [0.5, 0.6) is 0 Å². The Bertz CT molecular complexity index is 410. The lowest BCUT2D eigenvalue weighted by Crippen LogP contribution is -2.21. The molecule has 1 aromatic carbocycles. The highest BCUT2D eigenvalue weighted by molar-refractivity contribution is 6.33. The van der Waals surface area contributed by atoms with E-state index in [0.29, 0.717) is 10.7 Å². The zero-order valence-corrected chi connectivity index (χ0v) is 9.69. The summed E-state index contributed by atoms with van der Waals surface area (Å²) in [6.07, 6.45) is 1.95. The average Bonchev–Trinajstić information content (AvgIpc) is 2.90. The number of nitrogens with one attached hydrogen (secondary N) is 1. The third-order valence-electron chi connectivity index (χ3n) is 2.92. The summed E-state index contributed by atoms with van der Waals surface area (Å²) in [4.78, 5) is 11.8. The van der Waals surface area contributed by atoms with Crippen molar-refractivity contribution >= 4 is 23.2 Å². The molecule has 1 aliphatic carbocycles. The number of carbonyl (C=O) groups is 1. The first-order chi connectivity index (χ1) is 7.01. The standard InChI is InChI=1S/C12H14ClNO/c1-8-3-4-10(9(13)7-8)14-11(15)12(2)5-6-12/h3-4,7H,5-6H2,1-2H3,(H,14,15). The summed E-state index contributed by atoms with van der Waals surface area (Å²) in [5, 5.41) is 3.47. The first-order valence-corrected chi connectivity index (χ1v) is 5.47. The second-order valence-electron chi connectivity index (χ2n) is 4.50.